The first-order valence-corrected chi connectivity index (χ1v) is 8.84. The predicted molar refractivity (Wildman–Crippen MR) is 93.5 cm³/mol. The smallest absolute Gasteiger partial charge is 0.317 e. The Morgan fingerprint density at radius 1 is 1.30 bits per heavy atom. The van der Waals surface area contributed by atoms with Crippen LogP contribution in [0.5, 0.6) is 0 Å². The van der Waals surface area contributed by atoms with Crippen LogP contribution in [0, 0.1) is 5.92 Å². The van der Waals surface area contributed by atoms with E-state index >= 15 is 0 Å². The van der Waals surface area contributed by atoms with Crippen molar-refractivity contribution < 1.29 is 9.90 Å². The summed E-state index contributed by atoms with van der Waals surface area (Å²) in [5, 5.41) is 12.5. The molecule has 1 aromatic carbocycles. The Bertz CT molecular complexity index is 485. The van der Waals surface area contributed by atoms with E-state index in [2.05, 4.69) is 43.4 Å². The van der Waals surface area contributed by atoms with Crippen LogP contribution in [0.1, 0.15) is 45.1 Å². The Morgan fingerprint density at radius 3 is 2.61 bits per heavy atom. The third-order valence-electron chi connectivity index (χ3n) is 5.38. The van der Waals surface area contributed by atoms with Crippen molar-refractivity contribution in [2.75, 3.05) is 26.2 Å². The molecule has 1 atom stereocenters. The average Bonchev–Trinajstić information content (AvgIpc) is 2.63. The van der Waals surface area contributed by atoms with E-state index in [9.17, 15) is 9.90 Å². The van der Waals surface area contributed by atoms with E-state index in [4.69, 9.17) is 0 Å². The van der Waals surface area contributed by atoms with Gasteiger partial charge in [-0.3, -0.25) is 0 Å². The highest BCUT2D eigenvalue weighted by Crippen LogP contribution is 2.31. The van der Waals surface area contributed by atoms with Gasteiger partial charge < -0.3 is 15.3 Å². The lowest BCUT2D eigenvalue weighted by Gasteiger charge is -2.36. The third kappa shape index (κ3) is 4.25. The number of likely N-dealkylation sites (tertiary alicyclic amines) is 1. The molecule has 0 saturated carbocycles. The van der Waals surface area contributed by atoms with Crippen LogP contribution in [-0.2, 0) is 5.41 Å². The fraction of sp³-hybridized carbons (Fsp3) is 0.632. The van der Waals surface area contributed by atoms with E-state index < -0.39 is 0 Å². The quantitative estimate of drug-likeness (QED) is 0.846. The molecular formula is C19H30N2O2. The van der Waals surface area contributed by atoms with Crippen molar-refractivity contribution in [3.05, 3.63) is 35.9 Å². The van der Waals surface area contributed by atoms with Crippen LogP contribution in [-0.4, -0.2) is 42.3 Å². The maximum atomic E-state index is 12.5. The van der Waals surface area contributed by atoms with Crippen LogP contribution in [0.4, 0.5) is 4.79 Å². The Hall–Kier alpha value is -1.55. The molecule has 23 heavy (non-hydrogen) atoms. The zero-order valence-electron chi connectivity index (χ0n) is 14.4. The molecule has 1 aromatic rings. The zero-order valence-corrected chi connectivity index (χ0v) is 14.4. The molecule has 1 fully saturated rings. The molecule has 1 aliphatic heterocycles. The first-order chi connectivity index (χ1) is 11.1. The second-order valence-corrected chi connectivity index (χ2v) is 6.65. The van der Waals surface area contributed by atoms with E-state index in [0.717, 1.165) is 32.2 Å². The minimum absolute atomic E-state index is 0.00496. The lowest BCUT2D eigenvalue weighted by atomic mass is 9.76. The van der Waals surface area contributed by atoms with Gasteiger partial charge in [0.2, 0.25) is 0 Å². The normalized spacial score (nSPS) is 18.7. The van der Waals surface area contributed by atoms with Crippen LogP contribution in [0.15, 0.2) is 30.3 Å². The fourth-order valence-electron chi connectivity index (χ4n) is 3.56. The van der Waals surface area contributed by atoms with Gasteiger partial charge in [-0.05, 0) is 37.2 Å². The number of nitrogens with one attached hydrogen (secondary N) is 1. The first kappa shape index (κ1) is 17.8. The number of hydrogen-bond acceptors (Lipinski definition) is 2. The van der Waals surface area contributed by atoms with Gasteiger partial charge in [-0.1, -0.05) is 44.2 Å². The van der Waals surface area contributed by atoms with Gasteiger partial charge in [-0.15, -0.1) is 0 Å². The number of benzene rings is 1. The monoisotopic (exact) mass is 318 g/mol. The highest BCUT2D eigenvalue weighted by Gasteiger charge is 2.30. The molecule has 0 radical (unpaired) electrons. The Morgan fingerprint density at radius 2 is 2.00 bits per heavy atom. The van der Waals surface area contributed by atoms with Crippen molar-refractivity contribution in [3.63, 3.8) is 0 Å². The minimum Gasteiger partial charge on any atom is -0.396 e. The summed E-state index contributed by atoms with van der Waals surface area (Å²) in [5.74, 6) is 0.228. The molecule has 1 aliphatic rings. The number of hydrogen-bond donors (Lipinski definition) is 2. The van der Waals surface area contributed by atoms with Crippen molar-refractivity contribution in [2.24, 2.45) is 5.92 Å². The van der Waals surface area contributed by atoms with Crippen LogP contribution >= 0.6 is 0 Å². The van der Waals surface area contributed by atoms with E-state index in [0.29, 0.717) is 13.1 Å². The minimum atomic E-state index is -0.0108. The summed E-state index contributed by atoms with van der Waals surface area (Å²) in [5.41, 5.74) is 1.28. The molecule has 2 rings (SSSR count). The van der Waals surface area contributed by atoms with Gasteiger partial charge in [0, 0.05) is 31.7 Å². The van der Waals surface area contributed by atoms with Crippen molar-refractivity contribution >= 4 is 6.03 Å². The van der Waals surface area contributed by atoms with Crippen molar-refractivity contribution in [1.82, 2.24) is 10.2 Å². The molecular weight excluding hydrogens is 288 g/mol. The molecule has 128 valence electrons. The number of amides is 2. The highest BCUT2D eigenvalue weighted by molar-refractivity contribution is 5.74. The van der Waals surface area contributed by atoms with E-state index in [1.807, 2.05) is 11.0 Å². The number of aliphatic hydroxyl groups excluding tert-OH is 1. The molecule has 4 nitrogen and oxygen atoms in total. The molecule has 1 unspecified atom stereocenters. The summed E-state index contributed by atoms with van der Waals surface area (Å²) in [4.78, 5) is 14.4. The summed E-state index contributed by atoms with van der Waals surface area (Å²) in [6.45, 7) is 6.65. The number of carbonyl (C=O) groups is 1. The second kappa shape index (κ2) is 8.34. The van der Waals surface area contributed by atoms with Gasteiger partial charge >= 0.3 is 6.03 Å². The van der Waals surface area contributed by atoms with Crippen LogP contribution < -0.4 is 5.32 Å². The standard InChI is InChI=1S/C19H30N2O2/c1-3-19(4-2,17-10-6-5-7-11-17)15-20-18(23)21-12-8-9-16(13-21)14-22/h5-7,10-11,16,22H,3-4,8-9,12-15H2,1-2H3,(H,20,23). The predicted octanol–water partition coefficient (Wildman–Crippen LogP) is 3.16. The molecule has 2 N–H and O–H groups in total. The Kier molecular flexibility index (Phi) is 6.46. The Balaban J connectivity index is 2.00. The molecule has 0 aromatic heterocycles. The summed E-state index contributed by atoms with van der Waals surface area (Å²) >= 11 is 0. The molecule has 1 heterocycles. The molecule has 1 saturated heterocycles. The van der Waals surface area contributed by atoms with Crippen LogP contribution in [0.2, 0.25) is 0 Å². The van der Waals surface area contributed by atoms with Gasteiger partial charge in [0.25, 0.3) is 0 Å². The van der Waals surface area contributed by atoms with Crippen molar-refractivity contribution in [2.45, 2.75) is 44.9 Å². The van der Waals surface area contributed by atoms with Gasteiger partial charge in [0.05, 0.1) is 0 Å². The van der Waals surface area contributed by atoms with Crippen LogP contribution in [0.3, 0.4) is 0 Å². The summed E-state index contributed by atoms with van der Waals surface area (Å²) in [7, 11) is 0. The summed E-state index contributed by atoms with van der Waals surface area (Å²) in [6, 6.07) is 10.5. The van der Waals surface area contributed by atoms with E-state index in [1.165, 1.54) is 5.56 Å². The molecule has 0 aliphatic carbocycles. The maximum Gasteiger partial charge on any atom is 0.317 e. The topological polar surface area (TPSA) is 52.6 Å². The van der Waals surface area contributed by atoms with Gasteiger partial charge in [0.1, 0.15) is 0 Å². The SMILES string of the molecule is CCC(CC)(CNC(=O)N1CCCC(CO)C1)c1ccccc1. The van der Waals surface area contributed by atoms with Crippen LogP contribution in [0.25, 0.3) is 0 Å². The zero-order chi connectivity index (χ0) is 16.7. The van der Waals surface area contributed by atoms with Gasteiger partial charge in [0.15, 0.2) is 0 Å². The number of rotatable bonds is 6. The maximum absolute atomic E-state index is 12.5. The van der Waals surface area contributed by atoms with Gasteiger partial charge in [-0.2, -0.15) is 0 Å². The number of urea groups is 1. The highest BCUT2D eigenvalue weighted by atomic mass is 16.3. The van der Waals surface area contributed by atoms with Crippen molar-refractivity contribution in [1.29, 1.82) is 0 Å². The number of piperidine rings is 1. The second-order valence-electron chi connectivity index (χ2n) is 6.65. The number of aliphatic hydroxyl groups is 1. The van der Waals surface area contributed by atoms with E-state index in [1.54, 1.807) is 0 Å². The molecule has 0 spiro atoms. The summed E-state index contributed by atoms with van der Waals surface area (Å²) < 4.78 is 0. The first-order valence-electron chi connectivity index (χ1n) is 8.84. The summed E-state index contributed by atoms with van der Waals surface area (Å²) in [6.07, 6.45) is 3.97. The lowest BCUT2D eigenvalue weighted by molar-refractivity contribution is 0.128. The molecule has 0 bridgehead atoms. The van der Waals surface area contributed by atoms with E-state index in [-0.39, 0.29) is 24.0 Å². The Labute approximate surface area is 139 Å². The number of carbonyl (C=O) groups excluding carboxylic acids is 1. The molecule has 4 heteroatoms. The largest absolute Gasteiger partial charge is 0.396 e. The fourth-order valence-corrected chi connectivity index (χ4v) is 3.56. The van der Waals surface area contributed by atoms with Crippen molar-refractivity contribution in [3.8, 4) is 0 Å². The number of nitrogens with zero attached hydrogens (tertiary/aromatic N) is 1. The lowest BCUT2D eigenvalue weighted by Crippen LogP contribution is -2.49. The van der Waals surface area contributed by atoms with Gasteiger partial charge in [-0.25, -0.2) is 4.79 Å². The average molecular weight is 318 g/mol. The molecule has 2 amide bonds. The third-order valence-corrected chi connectivity index (χ3v) is 5.38.